The Morgan fingerprint density at radius 2 is 1.70 bits per heavy atom. The van der Waals surface area contributed by atoms with E-state index in [2.05, 4.69) is 5.32 Å². The van der Waals surface area contributed by atoms with Crippen LogP contribution in [0.5, 0.6) is 0 Å². The highest BCUT2D eigenvalue weighted by atomic mass is 31.2. The minimum Gasteiger partial charge on any atom is -0.353 e. The van der Waals surface area contributed by atoms with Gasteiger partial charge in [-0.2, -0.15) is 5.06 Å². The van der Waals surface area contributed by atoms with Crippen LogP contribution in [0.15, 0.2) is 0 Å². The van der Waals surface area contributed by atoms with Gasteiger partial charge in [0.05, 0.1) is 6.16 Å². The first-order valence-corrected chi connectivity index (χ1v) is 8.46. The average molecular weight is 308 g/mol. The van der Waals surface area contributed by atoms with Crippen molar-refractivity contribution in [2.45, 2.75) is 64.1 Å². The van der Waals surface area contributed by atoms with Gasteiger partial charge >= 0.3 is 7.60 Å². The minimum atomic E-state index is -4.14. The average Bonchev–Trinajstić information content (AvgIpc) is 2.21. The second kappa shape index (κ2) is 5.73. The molecule has 1 aliphatic heterocycles. The number of hydrogen-bond acceptors (Lipinski definition) is 4. The number of amides is 1. The molecule has 0 aliphatic carbocycles. The van der Waals surface area contributed by atoms with Gasteiger partial charge in [0.25, 0.3) is 0 Å². The van der Waals surface area contributed by atoms with Gasteiger partial charge in [-0.05, 0) is 40.5 Å². The van der Waals surface area contributed by atoms with E-state index in [4.69, 9.17) is 9.79 Å². The standard InChI is InChI=1S/C12H25N2O5P/c1-11(2)7-9(8-12(3,4)14(11)16)13-10(15)5-6-20(17,18)19/h9,16H,5-8H2,1-4H3,(H,13,15)(H2,17,18,19). The molecule has 1 saturated heterocycles. The fourth-order valence-electron chi connectivity index (χ4n) is 2.92. The third-order valence-electron chi connectivity index (χ3n) is 3.63. The van der Waals surface area contributed by atoms with Crippen LogP contribution in [0.1, 0.15) is 47.0 Å². The highest BCUT2D eigenvalue weighted by Gasteiger charge is 2.45. The van der Waals surface area contributed by atoms with Gasteiger partial charge in [0.2, 0.25) is 5.91 Å². The topological polar surface area (TPSA) is 110 Å². The fourth-order valence-corrected chi connectivity index (χ4v) is 3.41. The Balaban J connectivity index is 2.61. The van der Waals surface area contributed by atoms with Crippen molar-refractivity contribution in [3.63, 3.8) is 0 Å². The van der Waals surface area contributed by atoms with E-state index < -0.39 is 24.8 Å². The maximum Gasteiger partial charge on any atom is 0.326 e. The molecule has 1 aliphatic rings. The van der Waals surface area contributed by atoms with Gasteiger partial charge in [-0.25, -0.2) is 0 Å². The Kier molecular flexibility index (Phi) is 5.04. The number of hydrogen-bond donors (Lipinski definition) is 4. The lowest BCUT2D eigenvalue weighted by Gasteiger charge is -2.51. The summed E-state index contributed by atoms with van der Waals surface area (Å²) in [4.78, 5) is 29.3. The first kappa shape index (κ1) is 17.6. The maximum absolute atomic E-state index is 11.7. The van der Waals surface area contributed by atoms with E-state index in [0.29, 0.717) is 12.8 Å². The summed E-state index contributed by atoms with van der Waals surface area (Å²) in [7, 11) is -4.14. The highest BCUT2D eigenvalue weighted by molar-refractivity contribution is 7.51. The van der Waals surface area contributed by atoms with Crippen molar-refractivity contribution in [3.8, 4) is 0 Å². The molecule has 118 valence electrons. The Bertz CT molecular complexity index is 400. The molecular weight excluding hydrogens is 283 g/mol. The van der Waals surface area contributed by atoms with Gasteiger partial charge in [0.15, 0.2) is 0 Å². The molecule has 1 fully saturated rings. The van der Waals surface area contributed by atoms with Crippen LogP contribution in [0.2, 0.25) is 0 Å². The molecule has 0 saturated carbocycles. The van der Waals surface area contributed by atoms with Crippen LogP contribution in [-0.4, -0.2) is 49.2 Å². The molecule has 1 amide bonds. The number of carbonyl (C=O) groups excluding carboxylic acids is 1. The van der Waals surface area contributed by atoms with Gasteiger partial charge < -0.3 is 20.3 Å². The molecule has 0 radical (unpaired) electrons. The van der Waals surface area contributed by atoms with Crippen molar-refractivity contribution in [1.29, 1.82) is 0 Å². The quantitative estimate of drug-likeness (QED) is 0.579. The van der Waals surface area contributed by atoms with Gasteiger partial charge in [0, 0.05) is 23.5 Å². The number of piperidine rings is 1. The summed E-state index contributed by atoms with van der Waals surface area (Å²) in [5.74, 6) is -0.365. The van der Waals surface area contributed by atoms with Gasteiger partial charge in [-0.3, -0.25) is 9.36 Å². The molecule has 0 aromatic heterocycles. The van der Waals surface area contributed by atoms with Crippen molar-refractivity contribution in [2.24, 2.45) is 0 Å². The molecule has 0 atom stereocenters. The summed E-state index contributed by atoms with van der Waals surface area (Å²) in [6, 6.07) is -0.118. The number of nitrogens with zero attached hydrogens (tertiary/aromatic N) is 1. The third kappa shape index (κ3) is 4.82. The second-order valence-corrected chi connectivity index (χ2v) is 8.52. The first-order chi connectivity index (χ1) is 8.83. The van der Waals surface area contributed by atoms with E-state index in [1.165, 1.54) is 5.06 Å². The van der Waals surface area contributed by atoms with E-state index >= 15 is 0 Å². The summed E-state index contributed by atoms with van der Waals surface area (Å²) >= 11 is 0. The molecule has 0 bridgehead atoms. The van der Waals surface area contributed by atoms with Crippen LogP contribution < -0.4 is 5.32 Å². The van der Waals surface area contributed by atoms with Crippen LogP contribution in [0.25, 0.3) is 0 Å². The Morgan fingerprint density at radius 1 is 1.25 bits per heavy atom. The van der Waals surface area contributed by atoms with E-state index in [-0.39, 0.29) is 18.4 Å². The largest absolute Gasteiger partial charge is 0.353 e. The summed E-state index contributed by atoms with van der Waals surface area (Å²) in [5.41, 5.74) is -0.939. The lowest BCUT2D eigenvalue weighted by molar-refractivity contribution is -0.246. The number of carbonyl (C=O) groups is 1. The molecule has 0 unspecified atom stereocenters. The van der Waals surface area contributed by atoms with Crippen molar-refractivity contribution in [3.05, 3.63) is 0 Å². The van der Waals surface area contributed by atoms with Crippen LogP contribution in [-0.2, 0) is 9.36 Å². The van der Waals surface area contributed by atoms with Gasteiger partial charge in [-0.1, -0.05) is 0 Å². The SMILES string of the molecule is CC1(C)CC(NC(=O)CCP(=O)(O)O)CC(C)(C)N1O. The molecule has 0 spiro atoms. The first-order valence-electron chi connectivity index (χ1n) is 6.67. The van der Waals surface area contributed by atoms with Crippen molar-refractivity contribution in [2.75, 3.05) is 6.16 Å². The van der Waals surface area contributed by atoms with E-state index in [1.54, 1.807) is 0 Å². The minimum absolute atomic E-state index is 0.118. The second-order valence-electron chi connectivity index (χ2n) is 6.75. The van der Waals surface area contributed by atoms with Crippen molar-refractivity contribution >= 4 is 13.5 Å². The molecule has 0 aromatic rings. The number of hydroxylamine groups is 2. The van der Waals surface area contributed by atoms with Crippen molar-refractivity contribution in [1.82, 2.24) is 10.4 Å². The third-order valence-corrected chi connectivity index (χ3v) is 4.44. The molecule has 8 heteroatoms. The lowest BCUT2D eigenvalue weighted by atomic mass is 9.79. The fraction of sp³-hybridized carbons (Fsp3) is 0.917. The van der Waals surface area contributed by atoms with E-state index in [9.17, 15) is 14.6 Å². The molecule has 0 aromatic carbocycles. The summed E-state index contributed by atoms with van der Waals surface area (Å²) in [6.07, 6.45) is 0.526. The Morgan fingerprint density at radius 3 is 2.10 bits per heavy atom. The monoisotopic (exact) mass is 308 g/mol. The number of rotatable bonds is 4. The van der Waals surface area contributed by atoms with Gasteiger partial charge in [-0.15, -0.1) is 0 Å². The smallest absolute Gasteiger partial charge is 0.326 e. The molecule has 1 rings (SSSR count). The number of nitrogens with one attached hydrogen (secondary N) is 1. The van der Waals surface area contributed by atoms with Crippen molar-refractivity contribution < 1.29 is 24.4 Å². The summed E-state index contributed by atoms with van der Waals surface area (Å²) < 4.78 is 10.8. The molecule has 1 heterocycles. The van der Waals surface area contributed by atoms with Crippen LogP contribution >= 0.6 is 7.60 Å². The zero-order valence-electron chi connectivity index (χ0n) is 12.5. The molecule has 4 N–H and O–H groups in total. The summed E-state index contributed by atoms with van der Waals surface area (Å²) in [6.45, 7) is 7.57. The van der Waals surface area contributed by atoms with Crippen LogP contribution in [0.4, 0.5) is 0 Å². The normalized spacial score (nSPS) is 23.6. The molecular formula is C12H25N2O5P. The summed E-state index contributed by atoms with van der Waals surface area (Å²) in [5, 5.41) is 14.3. The van der Waals surface area contributed by atoms with E-state index in [1.807, 2.05) is 27.7 Å². The van der Waals surface area contributed by atoms with Gasteiger partial charge in [0.1, 0.15) is 0 Å². The van der Waals surface area contributed by atoms with Crippen LogP contribution in [0.3, 0.4) is 0 Å². The Hall–Kier alpha value is -0.460. The zero-order chi connectivity index (χ0) is 15.8. The predicted molar refractivity (Wildman–Crippen MR) is 74.5 cm³/mol. The van der Waals surface area contributed by atoms with Crippen LogP contribution in [0, 0.1) is 0 Å². The highest BCUT2D eigenvalue weighted by Crippen LogP contribution is 2.37. The predicted octanol–water partition coefficient (Wildman–Crippen LogP) is 1.08. The molecule has 7 nitrogen and oxygen atoms in total. The maximum atomic E-state index is 11.7. The zero-order valence-corrected chi connectivity index (χ0v) is 13.4. The lowest BCUT2D eigenvalue weighted by Crippen LogP contribution is -2.62. The van der Waals surface area contributed by atoms with E-state index in [0.717, 1.165) is 0 Å². The molecule has 20 heavy (non-hydrogen) atoms. The Labute approximate surface area is 119 Å².